The van der Waals surface area contributed by atoms with E-state index in [1.165, 1.54) is 19.3 Å². The van der Waals surface area contributed by atoms with Crippen LogP contribution >= 0.6 is 0 Å². The lowest BCUT2D eigenvalue weighted by atomic mass is 9.89. The highest BCUT2D eigenvalue weighted by molar-refractivity contribution is 4.72. The van der Waals surface area contributed by atoms with E-state index in [0.717, 1.165) is 25.2 Å². The molecular weight excluding hydrogens is 226 g/mol. The minimum atomic E-state index is -0.374. The Morgan fingerprint density at radius 1 is 1.39 bits per heavy atom. The van der Waals surface area contributed by atoms with Gasteiger partial charge >= 0.3 is 0 Å². The number of ether oxygens (including phenoxy) is 1. The second-order valence-electron chi connectivity index (χ2n) is 5.98. The molecule has 1 fully saturated rings. The Balaban J connectivity index is 2.07. The highest BCUT2D eigenvalue weighted by Gasteiger charge is 2.20. The van der Waals surface area contributed by atoms with Gasteiger partial charge in [-0.05, 0) is 32.1 Å². The summed E-state index contributed by atoms with van der Waals surface area (Å²) in [6.45, 7) is 7.76. The van der Waals surface area contributed by atoms with E-state index in [-0.39, 0.29) is 6.10 Å². The van der Waals surface area contributed by atoms with Gasteiger partial charge < -0.3 is 15.2 Å². The van der Waals surface area contributed by atoms with Crippen molar-refractivity contribution in [1.29, 1.82) is 0 Å². The summed E-state index contributed by atoms with van der Waals surface area (Å²) < 4.78 is 5.82. The first-order valence-electron chi connectivity index (χ1n) is 7.64. The fourth-order valence-corrected chi connectivity index (χ4v) is 2.71. The molecule has 0 aromatic carbocycles. The molecule has 1 rings (SSSR count). The normalized spacial score (nSPS) is 28.0. The minimum Gasteiger partial charge on any atom is -0.389 e. The molecule has 2 N–H and O–H groups in total. The maximum absolute atomic E-state index is 9.88. The molecule has 0 saturated heterocycles. The lowest BCUT2D eigenvalue weighted by Crippen LogP contribution is -2.37. The van der Waals surface area contributed by atoms with Gasteiger partial charge in [-0.25, -0.2) is 0 Å². The Kier molecular flexibility index (Phi) is 7.87. The summed E-state index contributed by atoms with van der Waals surface area (Å²) >= 11 is 0. The lowest BCUT2D eigenvalue weighted by Gasteiger charge is -2.27. The van der Waals surface area contributed by atoms with Crippen LogP contribution in [0.3, 0.4) is 0 Å². The highest BCUT2D eigenvalue weighted by atomic mass is 16.5. The van der Waals surface area contributed by atoms with Gasteiger partial charge in [0.1, 0.15) is 0 Å². The molecular formula is C15H31NO2. The summed E-state index contributed by atoms with van der Waals surface area (Å²) in [5.74, 6) is 0.781. The first-order valence-corrected chi connectivity index (χ1v) is 7.64. The Labute approximate surface area is 112 Å². The van der Waals surface area contributed by atoms with Crippen molar-refractivity contribution in [2.24, 2.45) is 5.92 Å². The molecule has 4 atom stereocenters. The standard InChI is InChI=1S/C15H31NO2/c1-4-6-13(3)16-10-14(17)11-18-15-8-5-7-12(2)9-15/h12-17H,4-11H2,1-3H3. The maximum Gasteiger partial charge on any atom is 0.0897 e. The molecule has 0 heterocycles. The quantitative estimate of drug-likeness (QED) is 0.702. The van der Waals surface area contributed by atoms with E-state index in [2.05, 4.69) is 26.1 Å². The predicted molar refractivity (Wildman–Crippen MR) is 75.8 cm³/mol. The fourth-order valence-electron chi connectivity index (χ4n) is 2.71. The van der Waals surface area contributed by atoms with E-state index in [9.17, 15) is 5.11 Å². The second-order valence-corrected chi connectivity index (χ2v) is 5.98. The third kappa shape index (κ3) is 6.72. The van der Waals surface area contributed by atoms with Gasteiger partial charge in [-0.15, -0.1) is 0 Å². The van der Waals surface area contributed by atoms with Crippen LogP contribution in [0, 0.1) is 5.92 Å². The summed E-state index contributed by atoms with van der Waals surface area (Å²) in [7, 11) is 0. The van der Waals surface area contributed by atoms with Gasteiger partial charge in [-0.2, -0.15) is 0 Å². The van der Waals surface area contributed by atoms with E-state index in [0.29, 0.717) is 25.3 Å². The maximum atomic E-state index is 9.88. The molecule has 0 aliphatic heterocycles. The third-order valence-electron chi connectivity index (χ3n) is 3.84. The SMILES string of the molecule is CCCC(C)NCC(O)COC1CCCC(C)C1. The lowest BCUT2D eigenvalue weighted by molar-refractivity contribution is -0.0311. The first-order chi connectivity index (χ1) is 8.61. The zero-order valence-corrected chi connectivity index (χ0v) is 12.3. The van der Waals surface area contributed by atoms with E-state index in [4.69, 9.17) is 4.74 Å². The van der Waals surface area contributed by atoms with Crippen LogP contribution in [0.4, 0.5) is 0 Å². The zero-order valence-electron chi connectivity index (χ0n) is 12.3. The highest BCUT2D eigenvalue weighted by Crippen LogP contribution is 2.25. The third-order valence-corrected chi connectivity index (χ3v) is 3.84. The molecule has 18 heavy (non-hydrogen) atoms. The molecule has 0 radical (unpaired) electrons. The smallest absolute Gasteiger partial charge is 0.0897 e. The number of rotatable bonds is 8. The van der Waals surface area contributed by atoms with Crippen LogP contribution in [-0.4, -0.2) is 36.5 Å². The van der Waals surface area contributed by atoms with Crippen molar-refractivity contribution < 1.29 is 9.84 Å². The van der Waals surface area contributed by atoms with Crippen LogP contribution < -0.4 is 5.32 Å². The van der Waals surface area contributed by atoms with Crippen molar-refractivity contribution >= 4 is 0 Å². The molecule has 0 spiro atoms. The van der Waals surface area contributed by atoms with Crippen molar-refractivity contribution in [3.63, 3.8) is 0 Å². The first kappa shape index (κ1) is 15.9. The fraction of sp³-hybridized carbons (Fsp3) is 1.00. The van der Waals surface area contributed by atoms with Gasteiger partial charge in [0, 0.05) is 12.6 Å². The summed E-state index contributed by atoms with van der Waals surface area (Å²) in [5, 5.41) is 13.2. The molecule has 3 heteroatoms. The summed E-state index contributed by atoms with van der Waals surface area (Å²) in [4.78, 5) is 0. The molecule has 4 unspecified atom stereocenters. The van der Waals surface area contributed by atoms with Crippen LogP contribution in [0.1, 0.15) is 59.3 Å². The Morgan fingerprint density at radius 2 is 2.17 bits per heavy atom. The van der Waals surface area contributed by atoms with Crippen LogP contribution in [-0.2, 0) is 4.74 Å². The van der Waals surface area contributed by atoms with E-state index >= 15 is 0 Å². The average molecular weight is 257 g/mol. The van der Waals surface area contributed by atoms with Crippen molar-refractivity contribution in [2.45, 2.75) is 77.5 Å². The predicted octanol–water partition coefficient (Wildman–Crippen LogP) is 2.72. The summed E-state index contributed by atoms with van der Waals surface area (Å²) in [5.41, 5.74) is 0. The monoisotopic (exact) mass is 257 g/mol. The second kappa shape index (κ2) is 8.89. The molecule has 1 saturated carbocycles. The van der Waals surface area contributed by atoms with Crippen LogP contribution in [0.25, 0.3) is 0 Å². The van der Waals surface area contributed by atoms with Gasteiger partial charge in [0.15, 0.2) is 0 Å². The topological polar surface area (TPSA) is 41.5 Å². The number of hydrogen-bond donors (Lipinski definition) is 2. The average Bonchev–Trinajstić information content (AvgIpc) is 2.34. The van der Waals surface area contributed by atoms with Gasteiger partial charge in [0.05, 0.1) is 18.8 Å². The van der Waals surface area contributed by atoms with Crippen LogP contribution in [0.2, 0.25) is 0 Å². The van der Waals surface area contributed by atoms with Gasteiger partial charge in [-0.3, -0.25) is 0 Å². The molecule has 0 aromatic heterocycles. The molecule has 0 bridgehead atoms. The largest absolute Gasteiger partial charge is 0.389 e. The van der Waals surface area contributed by atoms with Gasteiger partial charge in [0.2, 0.25) is 0 Å². The molecule has 108 valence electrons. The minimum absolute atomic E-state index is 0.372. The molecule has 0 amide bonds. The van der Waals surface area contributed by atoms with Gasteiger partial charge in [0.25, 0.3) is 0 Å². The van der Waals surface area contributed by atoms with E-state index in [1.807, 2.05) is 0 Å². The number of hydrogen-bond acceptors (Lipinski definition) is 3. The zero-order chi connectivity index (χ0) is 13.4. The number of aliphatic hydroxyl groups excluding tert-OH is 1. The van der Waals surface area contributed by atoms with Crippen LogP contribution in [0.15, 0.2) is 0 Å². The van der Waals surface area contributed by atoms with Crippen LogP contribution in [0.5, 0.6) is 0 Å². The Bertz CT molecular complexity index is 211. The van der Waals surface area contributed by atoms with E-state index < -0.39 is 0 Å². The molecule has 1 aliphatic rings. The number of aliphatic hydroxyl groups is 1. The summed E-state index contributed by atoms with van der Waals surface area (Å²) in [6.07, 6.45) is 7.27. The Hall–Kier alpha value is -0.120. The Morgan fingerprint density at radius 3 is 2.83 bits per heavy atom. The number of nitrogens with one attached hydrogen (secondary N) is 1. The van der Waals surface area contributed by atoms with Crippen molar-refractivity contribution in [2.75, 3.05) is 13.2 Å². The molecule has 0 aromatic rings. The van der Waals surface area contributed by atoms with Crippen molar-refractivity contribution in [3.8, 4) is 0 Å². The van der Waals surface area contributed by atoms with Crippen molar-refractivity contribution in [3.05, 3.63) is 0 Å². The molecule has 3 nitrogen and oxygen atoms in total. The molecule has 1 aliphatic carbocycles. The van der Waals surface area contributed by atoms with Gasteiger partial charge in [-0.1, -0.05) is 33.1 Å². The van der Waals surface area contributed by atoms with E-state index in [1.54, 1.807) is 0 Å². The van der Waals surface area contributed by atoms with Crippen molar-refractivity contribution in [1.82, 2.24) is 5.32 Å². The summed E-state index contributed by atoms with van der Waals surface area (Å²) in [6, 6.07) is 0.486.